The van der Waals surface area contributed by atoms with Gasteiger partial charge in [-0.15, -0.1) is 0 Å². The maximum Gasteiger partial charge on any atom is 0.224 e. The van der Waals surface area contributed by atoms with Crippen molar-refractivity contribution in [2.45, 2.75) is 31.7 Å². The van der Waals surface area contributed by atoms with E-state index in [2.05, 4.69) is 22.6 Å². The van der Waals surface area contributed by atoms with Gasteiger partial charge in [0, 0.05) is 24.7 Å². The number of nitrogens with one attached hydrogen (secondary N) is 2. The van der Waals surface area contributed by atoms with Gasteiger partial charge in [0.1, 0.15) is 0 Å². The van der Waals surface area contributed by atoms with Gasteiger partial charge in [-0.1, -0.05) is 0 Å². The molecule has 0 spiro atoms. The number of carbonyl (C=O) groups excluding carboxylic acids is 1. The molecule has 0 saturated carbocycles. The van der Waals surface area contributed by atoms with E-state index in [0.717, 1.165) is 48.6 Å². The van der Waals surface area contributed by atoms with E-state index in [1.807, 2.05) is 12.1 Å². The van der Waals surface area contributed by atoms with Gasteiger partial charge in [0.25, 0.3) is 0 Å². The molecule has 2 aliphatic rings. The summed E-state index contributed by atoms with van der Waals surface area (Å²) in [5, 5.41) is 6.46. The number of benzene rings is 1. The van der Waals surface area contributed by atoms with Gasteiger partial charge in [0.15, 0.2) is 0 Å². The van der Waals surface area contributed by atoms with Crippen molar-refractivity contribution < 1.29 is 4.79 Å². The topological polar surface area (TPSA) is 70.4 Å². The summed E-state index contributed by atoms with van der Waals surface area (Å²) in [7, 11) is 2.14. The largest absolute Gasteiger partial charge is 0.397 e. The van der Waals surface area contributed by atoms with Crippen LogP contribution < -0.4 is 16.4 Å². The number of amides is 1. The van der Waals surface area contributed by atoms with Gasteiger partial charge >= 0.3 is 0 Å². The Morgan fingerprint density at radius 1 is 1.40 bits per heavy atom. The average molecular weight is 274 g/mol. The summed E-state index contributed by atoms with van der Waals surface area (Å²) >= 11 is 0. The molecule has 20 heavy (non-hydrogen) atoms. The number of hydrogen-bond acceptors (Lipinski definition) is 4. The van der Waals surface area contributed by atoms with E-state index in [0.29, 0.717) is 12.5 Å². The Hall–Kier alpha value is -1.75. The van der Waals surface area contributed by atoms with Crippen molar-refractivity contribution >= 4 is 23.0 Å². The number of likely N-dealkylation sites (N-methyl/N-ethyl adjacent to an activating group) is 1. The molecule has 1 aromatic rings. The van der Waals surface area contributed by atoms with Crippen LogP contribution in [0.3, 0.4) is 0 Å². The van der Waals surface area contributed by atoms with Crippen LogP contribution in [-0.4, -0.2) is 37.0 Å². The zero-order valence-electron chi connectivity index (χ0n) is 11.9. The predicted molar refractivity (Wildman–Crippen MR) is 81.9 cm³/mol. The fraction of sp³-hybridized carbons (Fsp3) is 0.533. The van der Waals surface area contributed by atoms with E-state index in [4.69, 9.17) is 5.73 Å². The molecule has 4 N–H and O–H groups in total. The van der Waals surface area contributed by atoms with Crippen molar-refractivity contribution in [2.24, 2.45) is 0 Å². The summed E-state index contributed by atoms with van der Waals surface area (Å²) in [6.45, 7) is 2.19. The Morgan fingerprint density at radius 3 is 3.05 bits per heavy atom. The Labute approximate surface area is 119 Å². The monoisotopic (exact) mass is 274 g/mol. The van der Waals surface area contributed by atoms with Gasteiger partial charge in [-0.05, 0) is 50.6 Å². The van der Waals surface area contributed by atoms with Crippen molar-refractivity contribution in [3.63, 3.8) is 0 Å². The number of anilines is 3. The van der Waals surface area contributed by atoms with Crippen molar-refractivity contribution in [1.29, 1.82) is 0 Å². The molecule has 1 aromatic carbocycles. The number of nitrogens with two attached hydrogens (primary N) is 1. The highest BCUT2D eigenvalue weighted by molar-refractivity contribution is 5.95. The minimum Gasteiger partial charge on any atom is -0.397 e. The van der Waals surface area contributed by atoms with Gasteiger partial charge in [-0.25, -0.2) is 0 Å². The van der Waals surface area contributed by atoms with Crippen molar-refractivity contribution in [3.8, 4) is 0 Å². The smallest absolute Gasteiger partial charge is 0.224 e. The normalized spacial score (nSPS) is 23.1. The first-order valence-corrected chi connectivity index (χ1v) is 7.29. The van der Waals surface area contributed by atoms with Gasteiger partial charge in [-0.3, -0.25) is 4.79 Å². The molecule has 3 rings (SSSR count). The maximum absolute atomic E-state index is 11.5. The fourth-order valence-electron chi connectivity index (χ4n) is 3.08. The van der Waals surface area contributed by atoms with Gasteiger partial charge in [0.2, 0.25) is 5.91 Å². The number of fused-ring (bicyclic) bond motifs is 1. The lowest BCUT2D eigenvalue weighted by molar-refractivity contribution is -0.116. The lowest BCUT2D eigenvalue weighted by atomic mass is 10.0. The van der Waals surface area contributed by atoms with Crippen LogP contribution >= 0.6 is 0 Å². The van der Waals surface area contributed by atoms with Crippen LogP contribution in [0.5, 0.6) is 0 Å². The summed E-state index contributed by atoms with van der Waals surface area (Å²) in [5.41, 5.74) is 9.89. The second-order valence-electron chi connectivity index (χ2n) is 5.89. The molecule has 2 heterocycles. The van der Waals surface area contributed by atoms with E-state index in [9.17, 15) is 4.79 Å². The number of piperidine rings is 1. The van der Waals surface area contributed by atoms with Crippen molar-refractivity contribution in [2.75, 3.05) is 36.5 Å². The van der Waals surface area contributed by atoms with E-state index in [1.165, 1.54) is 6.42 Å². The molecule has 0 aromatic heterocycles. The number of hydrogen-bond donors (Lipinski definition) is 3. The predicted octanol–water partition coefficient (Wildman–Crippen LogP) is 1.66. The second kappa shape index (κ2) is 5.32. The molecule has 0 radical (unpaired) electrons. The van der Waals surface area contributed by atoms with Crippen molar-refractivity contribution in [3.05, 3.63) is 17.7 Å². The van der Waals surface area contributed by atoms with Crippen molar-refractivity contribution in [1.82, 2.24) is 4.90 Å². The number of carbonyl (C=O) groups is 1. The van der Waals surface area contributed by atoms with E-state index in [1.54, 1.807) is 0 Å². The average Bonchev–Trinajstić information content (AvgIpc) is 2.40. The molecular weight excluding hydrogens is 252 g/mol. The van der Waals surface area contributed by atoms with Crippen LogP contribution in [0.15, 0.2) is 12.1 Å². The Balaban J connectivity index is 1.79. The van der Waals surface area contributed by atoms with E-state index >= 15 is 0 Å². The molecule has 1 fully saturated rings. The lowest BCUT2D eigenvalue weighted by Crippen LogP contribution is -2.39. The van der Waals surface area contributed by atoms with Crippen LogP contribution in [0.25, 0.3) is 0 Å². The first-order valence-electron chi connectivity index (χ1n) is 7.29. The molecule has 1 amide bonds. The van der Waals surface area contributed by atoms with Crippen LogP contribution in [0.2, 0.25) is 0 Å². The summed E-state index contributed by atoms with van der Waals surface area (Å²) in [6, 6.07) is 4.40. The Bertz CT molecular complexity index is 529. The summed E-state index contributed by atoms with van der Waals surface area (Å²) in [6.07, 6.45) is 3.69. The molecule has 1 unspecified atom stereocenters. The second-order valence-corrected chi connectivity index (χ2v) is 5.89. The highest BCUT2D eigenvalue weighted by atomic mass is 16.1. The SMILES string of the molecule is CN1CCCC(Nc2cc3c(cc2N)CCC(=O)N3)C1. The van der Waals surface area contributed by atoms with Gasteiger partial charge in [-0.2, -0.15) is 0 Å². The molecule has 5 heteroatoms. The van der Waals surface area contributed by atoms with Gasteiger partial charge < -0.3 is 21.3 Å². The highest BCUT2D eigenvalue weighted by Gasteiger charge is 2.20. The number of aryl methyl sites for hydroxylation is 1. The first-order chi connectivity index (χ1) is 9.61. The molecule has 5 nitrogen and oxygen atoms in total. The molecule has 108 valence electrons. The number of likely N-dealkylation sites (tertiary alicyclic amines) is 1. The number of nitrogens with zero attached hydrogens (tertiary/aromatic N) is 1. The fourth-order valence-corrected chi connectivity index (χ4v) is 3.08. The Morgan fingerprint density at radius 2 is 2.25 bits per heavy atom. The molecule has 0 bridgehead atoms. The molecule has 1 atom stereocenters. The third-order valence-electron chi connectivity index (χ3n) is 4.15. The zero-order chi connectivity index (χ0) is 14.1. The van der Waals surface area contributed by atoms with E-state index < -0.39 is 0 Å². The summed E-state index contributed by atoms with van der Waals surface area (Å²) in [4.78, 5) is 13.8. The van der Waals surface area contributed by atoms with E-state index in [-0.39, 0.29) is 5.91 Å². The number of nitrogen functional groups attached to an aromatic ring is 1. The van der Waals surface area contributed by atoms with Crippen LogP contribution in [0.4, 0.5) is 17.1 Å². The molecule has 1 saturated heterocycles. The number of rotatable bonds is 2. The quantitative estimate of drug-likeness (QED) is 0.717. The molecule has 2 aliphatic heterocycles. The van der Waals surface area contributed by atoms with Gasteiger partial charge in [0.05, 0.1) is 11.4 Å². The van der Waals surface area contributed by atoms with Crippen LogP contribution in [-0.2, 0) is 11.2 Å². The minimum absolute atomic E-state index is 0.0885. The molecule has 0 aliphatic carbocycles. The third-order valence-corrected chi connectivity index (χ3v) is 4.15. The first kappa shape index (κ1) is 13.2. The summed E-state index contributed by atoms with van der Waals surface area (Å²) < 4.78 is 0. The minimum atomic E-state index is 0.0885. The lowest BCUT2D eigenvalue weighted by Gasteiger charge is -2.31. The molecular formula is C15H22N4O. The highest BCUT2D eigenvalue weighted by Crippen LogP contribution is 2.32. The van der Waals surface area contributed by atoms with Crippen LogP contribution in [0, 0.1) is 0 Å². The Kier molecular flexibility index (Phi) is 3.53. The zero-order valence-corrected chi connectivity index (χ0v) is 11.9. The standard InChI is InChI=1S/C15H22N4O/c1-19-6-2-3-11(9-19)17-14-8-13-10(7-12(14)16)4-5-15(20)18-13/h7-8,11,17H,2-6,9,16H2,1H3,(H,18,20). The van der Waals surface area contributed by atoms with Crippen LogP contribution in [0.1, 0.15) is 24.8 Å². The maximum atomic E-state index is 11.5. The summed E-state index contributed by atoms with van der Waals surface area (Å²) in [5.74, 6) is 0.0885. The third kappa shape index (κ3) is 2.72.